The van der Waals surface area contributed by atoms with Crippen molar-refractivity contribution in [2.75, 3.05) is 6.54 Å². The van der Waals surface area contributed by atoms with Crippen LogP contribution in [0.4, 0.5) is 0 Å². The molecule has 0 aromatic heterocycles. The summed E-state index contributed by atoms with van der Waals surface area (Å²) in [7, 11) is 0. The zero-order valence-corrected chi connectivity index (χ0v) is 8.54. The first-order valence-corrected chi connectivity index (χ1v) is 4.94. The van der Waals surface area contributed by atoms with E-state index in [2.05, 4.69) is 5.10 Å². The molecule has 0 unspecified atom stereocenters. The topological polar surface area (TPSA) is 41.6 Å². The molecule has 0 amide bonds. The number of nitrogens with two attached hydrogens (primary N) is 1. The first-order chi connectivity index (χ1) is 6.74. The van der Waals surface area contributed by atoms with Gasteiger partial charge < -0.3 is 5.73 Å². The molecule has 1 aromatic rings. The number of amidine groups is 1. The Morgan fingerprint density at radius 1 is 1.36 bits per heavy atom. The largest absolute Gasteiger partial charge is 0.386 e. The Hall–Kier alpha value is -1.22. The molecule has 74 valence electrons. The van der Waals surface area contributed by atoms with Gasteiger partial charge in [0.05, 0.1) is 6.54 Å². The van der Waals surface area contributed by atoms with Gasteiger partial charge in [0.2, 0.25) is 0 Å². The molecule has 2 N–H and O–H groups in total. The van der Waals surface area contributed by atoms with Gasteiger partial charge in [-0.05, 0) is 17.7 Å². The lowest BCUT2D eigenvalue weighted by Crippen LogP contribution is -2.13. The van der Waals surface area contributed by atoms with Crippen molar-refractivity contribution in [3.8, 4) is 0 Å². The van der Waals surface area contributed by atoms with Gasteiger partial charge in [-0.1, -0.05) is 23.7 Å². The summed E-state index contributed by atoms with van der Waals surface area (Å²) in [5.74, 6) is 0.721. The maximum Gasteiger partial charge on any atom is 0.121 e. The summed E-state index contributed by atoms with van der Waals surface area (Å²) < 4.78 is 0. The molecular weight excluding hydrogens is 198 g/mol. The van der Waals surface area contributed by atoms with Crippen LogP contribution in [0.15, 0.2) is 29.4 Å². The molecule has 0 bridgehead atoms. The minimum Gasteiger partial charge on any atom is -0.386 e. The standard InChI is InChI=1S/C10H12ClN3/c11-9-3-1-8(2-4-9)7-14-6-5-10(12)13-14/h1-4H,5-7H2,(H2,12,13). The fourth-order valence-electron chi connectivity index (χ4n) is 1.44. The zero-order chi connectivity index (χ0) is 9.97. The minimum absolute atomic E-state index is 0.721. The number of hydrogen-bond donors (Lipinski definition) is 1. The molecule has 1 aliphatic rings. The molecule has 0 spiro atoms. The first-order valence-electron chi connectivity index (χ1n) is 4.56. The maximum atomic E-state index is 5.79. The molecule has 0 aliphatic carbocycles. The van der Waals surface area contributed by atoms with Crippen LogP contribution in [0.1, 0.15) is 12.0 Å². The molecule has 2 rings (SSSR count). The Bertz CT molecular complexity index is 345. The average molecular weight is 210 g/mol. The van der Waals surface area contributed by atoms with Crippen LogP contribution in [-0.2, 0) is 6.54 Å². The van der Waals surface area contributed by atoms with E-state index < -0.39 is 0 Å². The molecule has 4 heteroatoms. The van der Waals surface area contributed by atoms with Crippen molar-refractivity contribution in [1.29, 1.82) is 0 Å². The molecule has 0 saturated carbocycles. The Balaban J connectivity index is 2.01. The van der Waals surface area contributed by atoms with Gasteiger partial charge in [0.1, 0.15) is 5.84 Å². The fourth-order valence-corrected chi connectivity index (χ4v) is 1.57. The van der Waals surface area contributed by atoms with Gasteiger partial charge in [-0.15, -0.1) is 0 Å². The molecule has 0 saturated heterocycles. The second-order valence-corrected chi connectivity index (χ2v) is 3.79. The third-order valence-corrected chi connectivity index (χ3v) is 2.43. The van der Waals surface area contributed by atoms with Gasteiger partial charge in [0.25, 0.3) is 0 Å². The SMILES string of the molecule is NC1=NN(Cc2ccc(Cl)cc2)CC1. The van der Waals surface area contributed by atoms with Crippen LogP contribution in [0.25, 0.3) is 0 Å². The summed E-state index contributed by atoms with van der Waals surface area (Å²) in [5.41, 5.74) is 6.79. The van der Waals surface area contributed by atoms with Gasteiger partial charge >= 0.3 is 0 Å². The van der Waals surface area contributed by atoms with E-state index in [0.717, 1.165) is 30.4 Å². The second kappa shape index (κ2) is 3.88. The smallest absolute Gasteiger partial charge is 0.121 e. The van der Waals surface area contributed by atoms with E-state index >= 15 is 0 Å². The Morgan fingerprint density at radius 3 is 2.64 bits per heavy atom. The van der Waals surface area contributed by atoms with Crippen LogP contribution in [0.3, 0.4) is 0 Å². The predicted octanol–water partition coefficient (Wildman–Crippen LogP) is 1.82. The van der Waals surface area contributed by atoms with E-state index in [0.29, 0.717) is 0 Å². The number of halogens is 1. The van der Waals surface area contributed by atoms with Gasteiger partial charge in [-0.25, -0.2) is 0 Å². The van der Waals surface area contributed by atoms with E-state index in [-0.39, 0.29) is 0 Å². The molecule has 3 nitrogen and oxygen atoms in total. The van der Waals surface area contributed by atoms with Crippen LogP contribution in [0, 0.1) is 0 Å². The van der Waals surface area contributed by atoms with Crippen molar-refractivity contribution in [2.24, 2.45) is 10.8 Å². The molecule has 14 heavy (non-hydrogen) atoms. The van der Waals surface area contributed by atoms with E-state index in [9.17, 15) is 0 Å². The molecule has 1 aromatic carbocycles. The highest BCUT2D eigenvalue weighted by atomic mass is 35.5. The van der Waals surface area contributed by atoms with E-state index in [1.807, 2.05) is 29.3 Å². The van der Waals surface area contributed by atoms with E-state index in [4.69, 9.17) is 17.3 Å². The van der Waals surface area contributed by atoms with Crippen molar-refractivity contribution >= 4 is 17.4 Å². The van der Waals surface area contributed by atoms with Crippen LogP contribution in [-0.4, -0.2) is 17.4 Å². The lowest BCUT2D eigenvalue weighted by Gasteiger charge is -2.12. The predicted molar refractivity (Wildman–Crippen MR) is 58.1 cm³/mol. The highest BCUT2D eigenvalue weighted by molar-refractivity contribution is 6.30. The van der Waals surface area contributed by atoms with Gasteiger partial charge in [-0.3, -0.25) is 5.01 Å². The number of benzene rings is 1. The van der Waals surface area contributed by atoms with Gasteiger partial charge in [0.15, 0.2) is 0 Å². The van der Waals surface area contributed by atoms with Crippen molar-refractivity contribution in [2.45, 2.75) is 13.0 Å². The van der Waals surface area contributed by atoms with E-state index in [1.54, 1.807) is 0 Å². The van der Waals surface area contributed by atoms with Crippen molar-refractivity contribution in [1.82, 2.24) is 5.01 Å². The lowest BCUT2D eigenvalue weighted by molar-refractivity contribution is 0.310. The monoisotopic (exact) mass is 209 g/mol. The number of hydrazone groups is 1. The molecule has 0 radical (unpaired) electrons. The van der Waals surface area contributed by atoms with Crippen LogP contribution in [0.5, 0.6) is 0 Å². The van der Waals surface area contributed by atoms with Crippen molar-refractivity contribution in [3.63, 3.8) is 0 Å². The summed E-state index contributed by atoms with van der Waals surface area (Å²) in [5, 5.41) is 6.93. The normalized spacial score (nSPS) is 15.8. The van der Waals surface area contributed by atoms with Crippen molar-refractivity contribution in [3.05, 3.63) is 34.9 Å². The Labute approximate surface area is 88.2 Å². The number of hydrogen-bond acceptors (Lipinski definition) is 3. The Kier molecular flexibility index (Phi) is 2.59. The molecule has 0 atom stereocenters. The molecule has 1 heterocycles. The molecule has 0 fully saturated rings. The lowest BCUT2D eigenvalue weighted by atomic mass is 10.2. The highest BCUT2D eigenvalue weighted by Crippen LogP contribution is 2.13. The maximum absolute atomic E-state index is 5.79. The van der Waals surface area contributed by atoms with E-state index in [1.165, 1.54) is 5.56 Å². The summed E-state index contributed by atoms with van der Waals surface area (Å²) in [6.07, 6.45) is 0.869. The third-order valence-electron chi connectivity index (χ3n) is 2.17. The second-order valence-electron chi connectivity index (χ2n) is 3.36. The fraction of sp³-hybridized carbons (Fsp3) is 0.300. The average Bonchev–Trinajstić information content (AvgIpc) is 2.56. The highest BCUT2D eigenvalue weighted by Gasteiger charge is 2.11. The Morgan fingerprint density at radius 2 is 2.07 bits per heavy atom. The van der Waals surface area contributed by atoms with Gasteiger partial charge in [0, 0.05) is 18.0 Å². The number of nitrogens with zero attached hydrogens (tertiary/aromatic N) is 2. The zero-order valence-electron chi connectivity index (χ0n) is 7.78. The summed E-state index contributed by atoms with van der Waals surface area (Å²) in [4.78, 5) is 0. The first kappa shape index (κ1) is 9.34. The van der Waals surface area contributed by atoms with Crippen LogP contribution in [0.2, 0.25) is 5.02 Å². The van der Waals surface area contributed by atoms with Crippen LogP contribution < -0.4 is 5.73 Å². The van der Waals surface area contributed by atoms with Crippen LogP contribution >= 0.6 is 11.6 Å². The molecular formula is C10H12ClN3. The molecule has 1 aliphatic heterocycles. The summed E-state index contributed by atoms with van der Waals surface area (Å²) in [6, 6.07) is 7.79. The minimum atomic E-state index is 0.721. The van der Waals surface area contributed by atoms with Crippen molar-refractivity contribution < 1.29 is 0 Å². The summed E-state index contributed by atoms with van der Waals surface area (Å²) in [6.45, 7) is 1.71. The summed E-state index contributed by atoms with van der Waals surface area (Å²) >= 11 is 5.79. The van der Waals surface area contributed by atoms with Gasteiger partial charge in [-0.2, -0.15) is 5.10 Å². The quantitative estimate of drug-likeness (QED) is 0.808. The third kappa shape index (κ3) is 2.17. The number of rotatable bonds is 2.